The Bertz CT molecular complexity index is 412. The molecule has 2 unspecified atom stereocenters. The summed E-state index contributed by atoms with van der Waals surface area (Å²) in [6.07, 6.45) is 1.07. The lowest BCUT2D eigenvalue weighted by atomic mass is 10.2. The third-order valence-electron chi connectivity index (χ3n) is 2.95. The van der Waals surface area contributed by atoms with Gasteiger partial charge in [-0.1, -0.05) is 32.5 Å². The van der Waals surface area contributed by atoms with Crippen molar-refractivity contribution in [1.29, 1.82) is 0 Å². The number of aromatic nitrogens is 3. The van der Waals surface area contributed by atoms with Gasteiger partial charge in [-0.2, -0.15) is 0 Å². The minimum atomic E-state index is -0.129. The summed E-state index contributed by atoms with van der Waals surface area (Å²) < 4.78 is 1.71. The van der Waals surface area contributed by atoms with Crippen LogP contribution in [0.25, 0.3) is 0 Å². The van der Waals surface area contributed by atoms with Gasteiger partial charge >= 0.3 is 5.69 Å². The second-order valence-electron chi connectivity index (χ2n) is 4.67. The van der Waals surface area contributed by atoms with Crippen molar-refractivity contribution < 1.29 is 0 Å². The molecule has 0 amide bonds. The number of thioether (sulfide) groups is 1. The first kappa shape index (κ1) is 15.3. The molecular weight excluding hydrogens is 248 g/mol. The van der Waals surface area contributed by atoms with Crippen LogP contribution in [-0.2, 0) is 0 Å². The second kappa shape index (κ2) is 6.99. The first-order valence-electron chi connectivity index (χ1n) is 6.58. The van der Waals surface area contributed by atoms with Gasteiger partial charge in [-0.3, -0.25) is 4.57 Å². The standard InChI is InChI=1S/C12H24N4OS/c1-6-10(13-7-2)9(5)18-12-15-14-11(17)16(12)8(3)4/h8-10,13H,6-7H2,1-5H3,(H,14,17). The lowest BCUT2D eigenvalue weighted by Crippen LogP contribution is -2.36. The molecule has 104 valence electrons. The van der Waals surface area contributed by atoms with E-state index < -0.39 is 0 Å². The van der Waals surface area contributed by atoms with E-state index in [0.29, 0.717) is 11.3 Å². The molecule has 5 nitrogen and oxygen atoms in total. The third-order valence-corrected chi connectivity index (χ3v) is 4.15. The summed E-state index contributed by atoms with van der Waals surface area (Å²) in [6.45, 7) is 11.4. The summed E-state index contributed by atoms with van der Waals surface area (Å²) in [5, 5.41) is 11.3. The number of H-pyrrole nitrogens is 1. The molecule has 0 fully saturated rings. The summed E-state index contributed by atoms with van der Waals surface area (Å²) in [7, 11) is 0. The molecule has 0 aliphatic heterocycles. The average molecular weight is 272 g/mol. The number of hydrogen-bond donors (Lipinski definition) is 2. The first-order chi connectivity index (χ1) is 8.51. The van der Waals surface area contributed by atoms with Gasteiger partial charge in [0.05, 0.1) is 0 Å². The van der Waals surface area contributed by atoms with Crippen molar-refractivity contribution in [3.63, 3.8) is 0 Å². The molecule has 2 atom stereocenters. The average Bonchev–Trinajstić information content (AvgIpc) is 2.67. The van der Waals surface area contributed by atoms with Crippen molar-refractivity contribution in [3.05, 3.63) is 10.5 Å². The van der Waals surface area contributed by atoms with E-state index >= 15 is 0 Å². The van der Waals surface area contributed by atoms with Crippen molar-refractivity contribution in [3.8, 4) is 0 Å². The molecule has 1 heterocycles. The molecule has 18 heavy (non-hydrogen) atoms. The lowest BCUT2D eigenvalue weighted by Gasteiger charge is -2.22. The van der Waals surface area contributed by atoms with Gasteiger partial charge in [0.1, 0.15) is 0 Å². The van der Waals surface area contributed by atoms with E-state index in [2.05, 4.69) is 36.3 Å². The van der Waals surface area contributed by atoms with Gasteiger partial charge in [-0.05, 0) is 26.8 Å². The Morgan fingerprint density at radius 1 is 1.39 bits per heavy atom. The maximum absolute atomic E-state index is 11.6. The van der Waals surface area contributed by atoms with Crippen LogP contribution in [0.2, 0.25) is 0 Å². The quantitative estimate of drug-likeness (QED) is 0.745. The van der Waals surface area contributed by atoms with Crippen LogP contribution in [0.4, 0.5) is 0 Å². The molecular formula is C12H24N4OS. The Hall–Kier alpha value is -0.750. The minimum absolute atomic E-state index is 0.129. The number of nitrogens with one attached hydrogen (secondary N) is 2. The van der Waals surface area contributed by atoms with Crippen molar-refractivity contribution in [2.45, 2.75) is 63.5 Å². The topological polar surface area (TPSA) is 62.7 Å². The fourth-order valence-corrected chi connectivity index (χ4v) is 3.27. The molecule has 0 saturated heterocycles. The molecule has 0 saturated carbocycles. The fraction of sp³-hybridized carbons (Fsp3) is 0.833. The summed E-state index contributed by atoms with van der Waals surface area (Å²) in [5.74, 6) is 0. The van der Waals surface area contributed by atoms with Crippen LogP contribution >= 0.6 is 11.8 Å². The molecule has 0 spiro atoms. The highest BCUT2D eigenvalue weighted by Gasteiger charge is 2.20. The summed E-state index contributed by atoms with van der Waals surface area (Å²) in [5.41, 5.74) is -0.129. The SMILES string of the molecule is CCNC(CC)C(C)Sc1n[nH]c(=O)n1C(C)C. The predicted octanol–water partition coefficient (Wildman–Crippen LogP) is 2.02. The van der Waals surface area contributed by atoms with Crippen molar-refractivity contribution >= 4 is 11.8 Å². The van der Waals surface area contributed by atoms with Gasteiger partial charge in [-0.25, -0.2) is 9.89 Å². The van der Waals surface area contributed by atoms with Crippen LogP contribution in [0.1, 0.15) is 47.1 Å². The Morgan fingerprint density at radius 3 is 2.56 bits per heavy atom. The van der Waals surface area contributed by atoms with Gasteiger partial charge in [-0.15, -0.1) is 5.10 Å². The van der Waals surface area contributed by atoms with Crippen molar-refractivity contribution in [1.82, 2.24) is 20.1 Å². The molecule has 0 aromatic carbocycles. The van der Waals surface area contributed by atoms with Gasteiger partial charge in [0, 0.05) is 17.3 Å². The zero-order valence-electron chi connectivity index (χ0n) is 11.9. The normalized spacial score (nSPS) is 15.0. The number of hydrogen-bond acceptors (Lipinski definition) is 4. The molecule has 1 aromatic heterocycles. The van der Waals surface area contributed by atoms with Crippen LogP contribution in [0.5, 0.6) is 0 Å². The van der Waals surface area contributed by atoms with Crippen LogP contribution in [-0.4, -0.2) is 32.6 Å². The fourth-order valence-electron chi connectivity index (χ4n) is 1.98. The van der Waals surface area contributed by atoms with Gasteiger partial charge in [0.25, 0.3) is 0 Å². The van der Waals surface area contributed by atoms with E-state index in [0.717, 1.165) is 18.1 Å². The third kappa shape index (κ3) is 3.62. The van der Waals surface area contributed by atoms with E-state index in [1.165, 1.54) is 0 Å². The summed E-state index contributed by atoms with van der Waals surface area (Å²) in [4.78, 5) is 11.6. The van der Waals surface area contributed by atoms with E-state index in [-0.39, 0.29) is 11.7 Å². The molecule has 0 bridgehead atoms. The molecule has 0 aliphatic rings. The van der Waals surface area contributed by atoms with E-state index in [1.807, 2.05) is 13.8 Å². The van der Waals surface area contributed by atoms with E-state index in [1.54, 1.807) is 16.3 Å². The first-order valence-corrected chi connectivity index (χ1v) is 7.46. The largest absolute Gasteiger partial charge is 0.344 e. The van der Waals surface area contributed by atoms with Crippen LogP contribution < -0.4 is 11.0 Å². The van der Waals surface area contributed by atoms with Crippen molar-refractivity contribution in [2.24, 2.45) is 0 Å². The van der Waals surface area contributed by atoms with Gasteiger partial charge < -0.3 is 5.32 Å². The summed E-state index contributed by atoms with van der Waals surface area (Å²) in [6, 6.07) is 0.567. The number of rotatable bonds is 7. The zero-order valence-corrected chi connectivity index (χ0v) is 12.7. The number of aromatic amines is 1. The predicted molar refractivity (Wildman–Crippen MR) is 76.3 cm³/mol. The van der Waals surface area contributed by atoms with Crippen LogP contribution in [0, 0.1) is 0 Å². The molecule has 1 aromatic rings. The Balaban J connectivity index is 2.81. The highest BCUT2D eigenvalue weighted by atomic mass is 32.2. The molecule has 6 heteroatoms. The summed E-state index contributed by atoms with van der Waals surface area (Å²) >= 11 is 1.65. The van der Waals surface area contributed by atoms with E-state index in [4.69, 9.17) is 0 Å². The van der Waals surface area contributed by atoms with Crippen molar-refractivity contribution in [2.75, 3.05) is 6.54 Å². The lowest BCUT2D eigenvalue weighted by molar-refractivity contribution is 0.502. The molecule has 1 rings (SSSR count). The number of nitrogens with zero attached hydrogens (tertiary/aromatic N) is 2. The van der Waals surface area contributed by atoms with Crippen LogP contribution in [0.3, 0.4) is 0 Å². The molecule has 0 aliphatic carbocycles. The minimum Gasteiger partial charge on any atom is -0.313 e. The van der Waals surface area contributed by atoms with Crippen LogP contribution in [0.15, 0.2) is 9.95 Å². The maximum Gasteiger partial charge on any atom is 0.344 e. The monoisotopic (exact) mass is 272 g/mol. The van der Waals surface area contributed by atoms with E-state index in [9.17, 15) is 4.79 Å². The highest BCUT2D eigenvalue weighted by molar-refractivity contribution is 7.99. The van der Waals surface area contributed by atoms with Gasteiger partial charge in [0.2, 0.25) is 0 Å². The Morgan fingerprint density at radius 2 is 2.06 bits per heavy atom. The zero-order chi connectivity index (χ0) is 13.7. The van der Waals surface area contributed by atoms with Gasteiger partial charge in [0.15, 0.2) is 5.16 Å². The molecule has 2 N–H and O–H groups in total. The smallest absolute Gasteiger partial charge is 0.313 e. The second-order valence-corrected chi connectivity index (χ2v) is 6.01. The Labute approximate surface area is 113 Å². The maximum atomic E-state index is 11.6. The Kier molecular flexibility index (Phi) is 5.95. The highest BCUT2D eigenvalue weighted by Crippen LogP contribution is 2.25. The molecule has 0 radical (unpaired) electrons.